The Bertz CT molecular complexity index is 505. The molecule has 0 amide bonds. The number of hydrogen-bond acceptors (Lipinski definition) is 5. The summed E-state index contributed by atoms with van der Waals surface area (Å²) < 4.78 is 0. The van der Waals surface area contributed by atoms with E-state index in [0.717, 1.165) is 55.7 Å². The van der Waals surface area contributed by atoms with Crippen LogP contribution in [-0.4, -0.2) is 81.7 Å². The third kappa shape index (κ3) is 8.22. The number of phenols is 1. The van der Waals surface area contributed by atoms with E-state index in [-0.39, 0.29) is 5.75 Å². The zero-order valence-corrected chi connectivity index (χ0v) is 15.8. The van der Waals surface area contributed by atoms with Crippen molar-refractivity contribution in [1.29, 1.82) is 0 Å². The number of phenolic OH excluding ortho intramolecular Hbond substituents is 1. The summed E-state index contributed by atoms with van der Waals surface area (Å²) in [5.74, 6) is 0.258. The van der Waals surface area contributed by atoms with Crippen molar-refractivity contribution in [2.45, 2.75) is 19.8 Å². The van der Waals surface area contributed by atoms with E-state index in [1.807, 2.05) is 19.1 Å². The van der Waals surface area contributed by atoms with Gasteiger partial charge >= 0.3 is 0 Å². The second-order valence-electron chi connectivity index (χ2n) is 6.68. The molecule has 0 saturated carbocycles. The van der Waals surface area contributed by atoms with Gasteiger partial charge in [-0.25, -0.2) is 0 Å². The molecule has 0 aromatic heterocycles. The molecule has 0 aliphatic heterocycles. The number of hydrogen-bond donors (Lipinski definition) is 1. The van der Waals surface area contributed by atoms with Crippen molar-refractivity contribution in [1.82, 2.24) is 9.80 Å². The van der Waals surface area contributed by atoms with Gasteiger partial charge in [-0.05, 0) is 78.7 Å². The Morgan fingerprint density at radius 3 is 1.67 bits per heavy atom. The molecule has 0 aliphatic rings. The minimum Gasteiger partial charge on any atom is -0.507 e. The largest absolute Gasteiger partial charge is 0.507 e. The van der Waals surface area contributed by atoms with E-state index < -0.39 is 0 Å². The van der Waals surface area contributed by atoms with E-state index in [4.69, 9.17) is 0 Å². The fourth-order valence-electron chi connectivity index (χ4n) is 2.31. The fraction of sp³-hybridized carbons (Fsp3) is 0.579. The van der Waals surface area contributed by atoms with Crippen molar-refractivity contribution in [2.75, 3.05) is 54.4 Å². The third-order valence-electron chi connectivity index (χ3n) is 3.56. The van der Waals surface area contributed by atoms with E-state index in [0.29, 0.717) is 0 Å². The molecule has 0 saturated heterocycles. The lowest BCUT2D eigenvalue weighted by molar-refractivity contribution is 0.403. The van der Waals surface area contributed by atoms with Crippen LogP contribution in [0.15, 0.2) is 22.1 Å². The number of aliphatic imine (C=N–C) groups is 2. The smallest absolute Gasteiger partial charge is 0.133 e. The van der Waals surface area contributed by atoms with E-state index >= 15 is 0 Å². The van der Waals surface area contributed by atoms with Crippen molar-refractivity contribution < 1.29 is 5.11 Å². The molecule has 5 nitrogen and oxygen atoms in total. The molecule has 0 atom stereocenters. The van der Waals surface area contributed by atoms with Gasteiger partial charge in [0.25, 0.3) is 0 Å². The van der Waals surface area contributed by atoms with Crippen LogP contribution in [0.5, 0.6) is 5.75 Å². The molecule has 1 aromatic carbocycles. The molecule has 1 aromatic rings. The van der Waals surface area contributed by atoms with Gasteiger partial charge in [0, 0.05) is 36.6 Å². The SMILES string of the molecule is Cc1cc(C=NCCCN(C)C)c(O)c(C=NCCCN(C)C)c1. The number of benzene rings is 1. The number of aryl methyl sites for hydroxylation is 1. The van der Waals surface area contributed by atoms with Crippen LogP contribution in [0, 0.1) is 6.92 Å². The Kier molecular flexibility index (Phi) is 9.27. The Morgan fingerprint density at radius 2 is 1.29 bits per heavy atom. The van der Waals surface area contributed by atoms with Gasteiger partial charge in [0.2, 0.25) is 0 Å². The predicted octanol–water partition coefficient (Wildman–Crippen LogP) is 2.44. The Balaban J connectivity index is 2.66. The van der Waals surface area contributed by atoms with Crippen LogP contribution in [0.25, 0.3) is 0 Å². The lowest BCUT2D eigenvalue weighted by Gasteiger charge is -2.08. The monoisotopic (exact) mass is 332 g/mol. The highest BCUT2D eigenvalue weighted by Crippen LogP contribution is 2.22. The van der Waals surface area contributed by atoms with Crippen molar-refractivity contribution >= 4 is 12.4 Å². The highest BCUT2D eigenvalue weighted by molar-refractivity contribution is 5.92. The van der Waals surface area contributed by atoms with Crippen LogP contribution in [0.2, 0.25) is 0 Å². The molecule has 0 fully saturated rings. The fourth-order valence-corrected chi connectivity index (χ4v) is 2.31. The average Bonchev–Trinajstić information content (AvgIpc) is 2.49. The first kappa shape index (κ1) is 20.3. The molecule has 24 heavy (non-hydrogen) atoms. The number of aromatic hydroxyl groups is 1. The summed E-state index contributed by atoms with van der Waals surface area (Å²) in [4.78, 5) is 13.1. The number of rotatable bonds is 10. The van der Waals surface area contributed by atoms with Crippen molar-refractivity contribution in [3.05, 3.63) is 28.8 Å². The summed E-state index contributed by atoms with van der Waals surface area (Å²) in [5, 5.41) is 10.4. The maximum Gasteiger partial charge on any atom is 0.133 e. The van der Waals surface area contributed by atoms with E-state index in [9.17, 15) is 5.11 Å². The highest BCUT2D eigenvalue weighted by atomic mass is 16.3. The quantitative estimate of drug-likeness (QED) is 0.529. The molecule has 0 radical (unpaired) electrons. The van der Waals surface area contributed by atoms with E-state index in [1.165, 1.54) is 0 Å². The molecule has 0 unspecified atom stereocenters. The second-order valence-corrected chi connectivity index (χ2v) is 6.68. The summed E-state index contributed by atoms with van der Waals surface area (Å²) in [6, 6.07) is 3.91. The Morgan fingerprint density at radius 1 is 0.875 bits per heavy atom. The molecule has 0 aliphatic carbocycles. The minimum atomic E-state index is 0.258. The lowest BCUT2D eigenvalue weighted by atomic mass is 10.1. The van der Waals surface area contributed by atoms with Gasteiger partial charge < -0.3 is 14.9 Å². The van der Waals surface area contributed by atoms with E-state index in [2.05, 4.69) is 48.0 Å². The first-order valence-corrected chi connectivity index (χ1v) is 8.53. The zero-order chi connectivity index (χ0) is 17.9. The maximum absolute atomic E-state index is 10.4. The standard InChI is InChI=1S/C19H32N4O/c1-16-12-17(14-20-8-6-10-22(2)3)19(24)18(13-16)15-21-9-7-11-23(4)5/h12-15,24H,6-11H2,1-5H3. The minimum absolute atomic E-state index is 0.258. The predicted molar refractivity (Wildman–Crippen MR) is 104 cm³/mol. The van der Waals surface area contributed by atoms with Crippen LogP contribution in [0.3, 0.4) is 0 Å². The van der Waals surface area contributed by atoms with Gasteiger partial charge in [-0.15, -0.1) is 0 Å². The summed E-state index contributed by atoms with van der Waals surface area (Å²) in [6.45, 7) is 5.58. The maximum atomic E-state index is 10.4. The summed E-state index contributed by atoms with van der Waals surface area (Å²) in [7, 11) is 8.22. The molecule has 1 rings (SSSR count). The van der Waals surface area contributed by atoms with Gasteiger partial charge in [-0.3, -0.25) is 9.98 Å². The molecule has 5 heteroatoms. The molecule has 1 N–H and O–H groups in total. The highest BCUT2D eigenvalue weighted by Gasteiger charge is 2.05. The van der Waals surface area contributed by atoms with E-state index in [1.54, 1.807) is 12.4 Å². The Hall–Kier alpha value is -1.72. The van der Waals surface area contributed by atoms with Gasteiger partial charge in [-0.1, -0.05) is 0 Å². The second kappa shape index (κ2) is 10.9. The molecular formula is C19H32N4O. The first-order valence-electron chi connectivity index (χ1n) is 8.53. The normalized spacial score (nSPS) is 12.3. The summed E-state index contributed by atoms with van der Waals surface area (Å²) >= 11 is 0. The van der Waals surface area contributed by atoms with Crippen molar-refractivity contribution in [3.8, 4) is 5.75 Å². The average molecular weight is 332 g/mol. The van der Waals surface area contributed by atoms with Crippen LogP contribution in [-0.2, 0) is 0 Å². The summed E-state index contributed by atoms with van der Waals surface area (Å²) in [5.41, 5.74) is 2.61. The Labute approximate surface area is 146 Å². The zero-order valence-electron chi connectivity index (χ0n) is 15.8. The topological polar surface area (TPSA) is 51.4 Å². The molecule has 0 spiro atoms. The van der Waals surface area contributed by atoms with Gasteiger partial charge in [0.15, 0.2) is 0 Å². The van der Waals surface area contributed by atoms with Crippen LogP contribution in [0.4, 0.5) is 0 Å². The number of nitrogens with zero attached hydrogens (tertiary/aromatic N) is 4. The third-order valence-corrected chi connectivity index (χ3v) is 3.56. The molecule has 0 heterocycles. The molecule has 134 valence electrons. The van der Waals surface area contributed by atoms with Gasteiger partial charge in [0.05, 0.1) is 0 Å². The van der Waals surface area contributed by atoms with Crippen LogP contribution in [0.1, 0.15) is 29.5 Å². The lowest BCUT2D eigenvalue weighted by Crippen LogP contribution is -2.13. The first-order chi connectivity index (χ1) is 11.4. The molecule has 0 bridgehead atoms. The van der Waals surface area contributed by atoms with Gasteiger partial charge in [-0.2, -0.15) is 0 Å². The van der Waals surface area contributed by atoms with Crippen LogP contribution >= 0.6 is 0 Å². The van der Waals surface area contributed by atoms with Crippen molar-refractivity contribution in [3.63, 3.8) is 0 Å². The summed E-state index contributed by atoms with van der Waals surface area (Å²) in [6.07, 6.45) is 5.55. The van der Waals surface area contributed by atoms with Gasteiger partial charge in [0.1, 0.15) is 5.75 Å². The van der Waals surface area contributed by atoms with Crippen LogP contribution < -0.4 is 0 Å². The van der Waals surface area contributed by atoms with Crippen molar-refractivity contribution in [2.24, 2.45) is 9.98 Å². The molecular weight excluding hydrogens is 300 g/mol.